The molecule has 6 rings (SSSR count). The van der Waals surface area contributed by atoms with Gasteiger partial charge >= 0.3 is 0 Å². The quantitative estimate of drug-likeness (QED) is 0.216. The predicted molar refractivity (Wildman–Crippen MR) is 152 cm³/mol. The van der Waals surface area contributed by atoms with E-state index in [-0.39, 0.29) is 26.4 Å². The average molecular weight is 485 g/mol. The topological polar surface area (TPSA) is 0 Å². The predicted octanol–water partition coefficient (Wildman–Crippen LogP) is 8.25. The van der Waals surface area contributed by atoms with Gasteiger partial charge < -0.3 is 0 Å². The number of rotatable bonds is 5. The van der Waals surface area contributed by atoms with Crippen molar-refractivity contribution in [2.45, 2.75) is 20.8 Å². The van der Waals surface area contributed by atoms with Crippen LogP contribution in [0.25, 0.3) is 5.30 Å². The maximum absolute atomic E-state index is 2.42. The van der Waals surface area contributed by atoms with Crippen molar-refractivity contribution in [2.75, 3.05) is 0 Å². The summed E-state index contributed by atoms with van der Waals surface area (Å²) in [5.74, 6) is -0.869. The molecule has 0 aliphatic rings. The molecule has 0 amide bonds. The first-order valence-electron chi connectivity index (χ1n) is 11.2. The lowest BCUT2D eigenvalue weighted by Gasteiger charge is -2.41. The SMILES string of the molecule is Cc1cc(C)c(-p2p3p([B-](c4ccccc4)(c4ccccc4)c4ccccc4)p23)c(C)c1. The number of aryl methyl sites for hydroxylation is 3. The van der Waals surface area contributed by atoms with Gasteiger partial charge in [-0.05, 0) is 38.8 Å². The first kappa shape index (κ1) is 20.7. The van der Waals surface area contributed by atoms with Crippen molar-refractivity contribution in [1.82, 2.24) is 0 Å². The fraction of sp³-hybridized carbons (Fsp3) is 0.111. The highest BCUT2D eigenvalue weighted by Crippen LogP contribution is 3.13. The molecule has 5 heteroatoms. The normalized spacial score (nSPS) is 14.5. The second-order valence-electron chi connectivity index (χ2n) is 8.95. The van der Waals surface area contributed by atoms with Gasteiger partial charge in [0.25, 0.3) is 0 Å². The van der Waals surface area contributed by atoms with Crippen molar-refractivity contribution in [3.05, 3.63) is 120 Å². The molecule has 0 saturated carbocycles. The summed E-state index contributed by atoms with van der Waals surface area (Å²) in [5.41, 5.74) is 9.19. The maximum Gasteiger partial charge on any atom is 0.138 e. The summed E-state index contributed by atoms with van der Waals surface area (Å²) in [6.07, 6.45) is 0.429. The van der Waals surface area contributed by atoms with Gasteiger partial charge in [0.05, 0.1) is 0 Å². The minimum Gasteiger partial charge on any atom is -0.216 e. The van der Waals surface area contributed by atoms with Crippen LogP contribution >= 0.6 is 26.4 Å². The maximum atomic E-state index is 2.42. The van der Waals surface area contributed by atoms with Crippen LogP contribution in [0.15, 0.2) is 103 Å². The zero-order valence-electron chi connectivity index (χ0n) is 18.7. The van der Waals surface area contributed by atoms with Crippen LogP contribution in [0.3, 0.4) is 0 Å². The Morgan fingerprint density at radius 1 is 0.531 bits per heavy atom. The first-order valence-corrected chi connectivity index (χ1v) is 20.2. The number of hydrogen-bond acceptors (Lipinski definition) is 0. The summed E-state index contributed by atoms with van der Waals surface area (Å²) in [7, 11) is 0. The molecular weight excluding hydrogens is 459 g/mol. The number of hydrogen-bond donors (Lipinski definition) is 0. The van der Waals surface area contributed by atoms with Crippen LogP contribution in [0.5, 0.6) is 0 Å². The highest BCUT2D eigenvalue weighted by molar-refractivity contribution is 9.13. The van der Waals surface area contributed by atoms with Crippen LogP contribution in [0.4, 0.5) is 0 Å². The van der Waals surface area contributed by atoms with Gasteiger partial charge in [0.15, 0.2) is 0 Å². The summed E-state index contributed by atoms with van der Waals surface area (Å²) in [6.45, 7) is 7.12. The number of benzene rings is 4. The molecule has 32 heavy (non-hydrogen) atoms. The van der Waals surface area contributed by atoms with E-state index in [1.807, 2.05) is 0 Å². The Labute approximate surface area is 194 Å². The first-order chi connectivity index (χ1) is 15.6. The smallest absolute Gasteiger partial charge is 0.138 e. The average Bonchev–Trinajstić information content (AvgIpc) is 3.72. The molecule has 6 aromatic rings. The van der Waals surface area contributed by atoms with E-state index in [1.54, 1.807) is 32.8 Å². The molecule has 0 aliphatic heterocycles. The molecule has 0 saturated heterocycles. The largest absolute Gasteiger partial charge is 0.216 e. The fourth-order valence-corrected chi connectivity index (χ4v) is 63.7. The van der Waals surface area contributed by atoms with Crippen LogP contribution in [0.2, 0.25) is 0 Å². The Morgan fingerprint density at radius 2 is 0.906 bits per heavy atom. The van der Waals surface area contributed by atoms with Gasteiger partial charge in [0.2, 0.25) is 0 Å². The van der Waals surface area contributed by atoms with Gasteiger partial charge in [-0.15, -0.1) is 0 Å². The van der Waals surface area contributed by atoms with E-state index < -0.39 is 5.87 Å². The zero-order valence-corrected chi connectivity index (χ0v) is 22.3. The molecule has 2 aromatic heterocycles. The third-order valence-electron chi connectivity index (χ3n) is 6.83. The lowest BCUT2D eigenvalue weighted by molar-refractivity contribution is 1.35. The van der Waals surface area contributed by atoms with Gasteiger partial charge in [-0.25, -0.2) is 6.77 Å². The van der Waals surface area contributed by atoms with E-state index in [2.05, 4.69) is 124 Å². The molecule has 0 radical (unpaired) electrons. The highest BCUT2D eigenvalue weighted by Gasteiger charge is 2.44. The highest BCUT2D eigenvalue weighted by atomic mass is 33.1. The van der Waals surface area contributed by atoms with Gasteiger partial charge in [-0.3, -0.25) is 0 Å². The number of fused-ring (bicyclic) bond motifs is 1. The van der Waals surface area contributed by atoms with Crippen LogP contribution < -0.4 is 16.4 Å². The molecule has 158 valence electrons. The molecular formula is C27H26BP4-. The van der Waals surface area contributed by atoms with Crippen LogP contribution in [0.1, 0.15) is 16.7 Å². The molecule has 0 bridgehead atoms. The summed E-state index contributed by atoms with van der Waals surface area (Å²) in [5, 5.41) is 1.76. The van der Waals surface area contributed by atoms with Crippen molar-refractivity contribution in [2.24, 2.45) is 0 Å². The van der Waals surface area contributed by atoms with Gasteiger partial charge in [-0.1, -0.05) is 121 Å². The molecule has 0 fully saturated rings. The van der Waals surface area contributed by atoms with E-state index in [9.17, 15) is 0 Å². The molecule has 0 nitrogen and oxygen atoms in total. The van der Waals surface area contributed by atoms with E-state index in [0.29, 0.717) is 0 Å². The molecule has 4 aromatic carbocycles. The Hall–Kier alpha value is -1.86. The third kappa shape index (κ3) is 3.07. The van der Waals surface area contributed by atoms with Crippen molar-refractivity contribution >= 4 is 48.6 Å². The van der Waals surface area contributed by atoms with Crippen molar-refractivity contribution in [3.63, 3.8) is 0 Å². The molecule has 0 aliphatic carbocycles. The van der Waals surface area contributed by atoms with Crippen LogP contribution in [-0.4, -0.2) is 5.87 Å². The Morgan fingerprint density at radius 3 is 1.28 bits per heavy atom. The van der Waals surface area contributed by atoms with E-state index >= 15 is 0 Å². The molecule has 2 unspecified atom stereocenters. The molecule has 2 atom stereocenters. The Bertz CT molecular complexity index is 1340. The monoisotopic (exact) mass is 485 g/mol. The summed E-state index contributed by atoms with van der Waals surface area (Å²) in [4.78, 5) is 0. The fourth-order valence-electron chi connectivity index (χ4n) is 5.53. The van der Waals surface area contributed by atoms with Gasteiger partial charge in [0, 0.05) is 5.30 Å². The third-order valence-corrected chi connectivity index (χ3v) is 46.7. The van der Waals surface area contributed by atoms with E-state index in [1.165, 1.54) is 5.56 Å². The second kappa shape index (κ2) is 7.87. The van der Waals surface area contributed by atoms with Crippen LogP contribution in [0, 0.1) is 20.8 Å². The lowest BCUT2D eigenvalue weighted by atomic mass is 9.34. The van der Waals surface area contributed by atoms with Crippen molar-refractivity contribution in [3.8, 4) is 5.30 Å². The molecule has 0 spiro atoms. The molecule has 2 heterocycles. The zero-order chi connectivity index (χ0) is 21.9. The Kier molecular flexibility index (Phi) is 5.10. The minimum atomic E-state index is -0.869. The van der Waals surface area contributed by atoms with Crippen LogP contribution in [-0.2, 0) is 0 Å². The van der Waals surface area contributed by atoms with E-state index in [0.717, 1.165) is 0 Å². The molecule has 0 N–H and O–H groups in total. The van der Waals surface area contributed by atoms with Crippen molar-refractivity contribution in [1.29, 1.82) is 0 Å². The minimum absolute atomic E-state index is 0.0346. The van der Waals surface area contributed by atoms with Gasteiger partial charge in [-0.2, -0.15) is 16.4 Å². The van der Waals surface area contributed by atoms with E-state index in [4.69, 9.17) is 0 Å². The summed E-state index contributed by atoms with van der Waals surface area (Å²) >= 11 is 0. The Balaban J connectivity index is 1.61. The second-order valence-corrected chi connectivity index (χ2v) is 32.2. The lowest BCUT2D eigenvalue weighted by Crippen LogP contribution is -2.63. The standard InChI is InChI=1S/C27H26BP4/c1-21-19-22(2)27(23(3)20-21)29-31-30(32(29)31)28(24-13-7-4-8-14-24,25-15-9-5-10-16-25)26-17-11-6-12-18-26/h4-20H,1-3H3/q-1. The van der Waals surface area contributed by atoms with Gasteiger partial charge in [0.1, 0.15) is 5.87 Å². The summed E-state index contributed by atoms with van der Waals surface area (Å²) < 4.78 is 0. The summed E-state index contributed by atoms with van der Waals surface area (Å²) in [6, 6.07) is 39.3. The van der Waals surface area contributed by atoms with Crippen molar-refractivity contribution < 1.29 is 0 Å².